The zero-order valence-electron chi connectivity index (χ0n) is 7.27. The third-order valence-corrected chi connectivity index (χ3v) is 4.69. The van der Waals surface area contributed by atoms with Crippen LogP contribution < -0.4 is 5.32 Å². The summed E-state index contributed by atoms with van der Waals surface area (Å²) in [4.78, 5) is 0. The summed E-state index contributed by atoms with van der Waals surface area (Å²) in [5.41, 5.74) is 0.711. The first-order valence-corrected chi connectivity index (χ1v) is 5.01. The lowest BCUT2D eigenvalue weighted by Crippen LogP contribution is -2.32. The molecule has 2 bridgehead atoms. The largest absolute Gasteiger partial charge is 0.316 e. The van der Waals surface area contributed by atoms with Gasteiger partial charge in [-0.2, -0.15) is 0 Å². The van der Waals surface area contributed by atoms with Gasteiger partial charge in [-0.3, -0.25) is 0 Å². The van der Waals surface area contributed by atoms with Crippen molar-refractivity contribution in [2.24, 2.45) is 23.2 Å². The van der Waals surface area contributed by atoms with E-state index >= 15 is 0 Å². The molecule has 0 aromatic rings. The molecule has 2 aliphatic carbocycles. The van der Waals surface area contributed by atoms with Gasteiger partial charge in [0.1, 0.15) is 0 Å². The van der Waals surface area contributed by atoms with Crippen LogP contribution in [-0.2, 0) is 0 Å². The van der Waals surface area contributed by atoms with E-state index in [1.54, 1.807) is 6.42 Å². The number of nitrogens with one attached hydrogen (secondary N) is 1. The van der Waals surface area contributed by atoms with Gasteiger partial charge in [-0.1, -0.05) is 6.92 Å². The third-order valence-electron chi connectivity index (χ3n) is 4.69. The first kappa shape index (κ1) is 6.47. The smallest absolute Gasteiger partial charge is 0.00112 e. The summed E-state index contributed by atoms with van der Waals surface area (Å²) in [5.74, 6) is 3.22. The maximum atomic E-state index is 3.57. The number of hydrogen-bond acceptors (Lipinski definition) is 1. The number of rotatable bonds is 0. The molecular formula is C10H17N. The molecule has 3 fully saturated rings. The van der Waals surface area contributed by atoms with Crippen LogP contribution in [-0.4, -0.2) is 13.1 Å². The predicted molar refractivity (Wildman–Crippen MR) is 45.3 cm³/mol. The SMILES string of the molecule is C[C@@]12CNCC1[C@@H]1CC[C@H]2C1. The minimum Gasteiger partial charge on any atom is -0.316 e. The Bertz CT molecular complexity index is 189. The first-order valence-electron chi connectivity index (χ1n) is 5.01. The van der Waals surface area contributed by atoms with Gasteiger partial charge in [-0.05, 0) is 49.0 Å². The molecule has 2 saturated carbocycles. The fraction of sp³-hybridized carbons (Fsp3) is 1.00. The predicted octanol–water partition coefficient (Wildman–Crippen LogP) is 1.64. The molecule has 1 saturated heterocycles. The molecule has 3 aliphatic rings. The molecule has 3 rings (SSSR count). The summed E-state index contributed by atoms with van der Waals surface area (Å²) in [6.45, 7) is 5.14. The molecule has 1 unspecified atom stereocenters. The summed E-state index contributed by atoms with van der Waals surface area (Å²) in [6, 6.07) is 0. The Morgan fingerprint density at radius 1 is 1.36 bits per heavy atom. The van der Waals surface area contributed by atoms with Crippen molar-refractivity contribution in [3.8, 4) is 0 Å². The molecule has 1 heterocycles. The van der Waals surface area contributed by atoms with Crippen molar-refractivity contribution in [3.05, 3.63) is 0 Å². The van der Waals surface area contributed by atoms with Gasteiger partial charge in [-0.25, -0.2) is 0 Å². The highest BCUT2D eigenvalue weighted by atomic mass is 15.0. The zero-order valence-corrected chi connectivity index (χ0v) is 7.27. The van der Waals surface area contributed by atoms with Crippen molar-refractivity contribution in [1.29, 1.82) is 0 Å². The van der Waals surface area contributed by atoms with Crippen molar-refractivity contribution < 1.29 is 0 Å². The molecule has 1 nitrogen and oxygen atoms in total. The average molecular weight is 151 g/mol. The number of fused-ring (bicyclic) bond motifs is 5. The quantitative estimate of drug-likeness (QED) is 0.555. The molecule has 0 spiro atoms. The molecule has 0 radical (unpaired) electrons. The second-order valence-corrected chi connectivity index (χ2v) is 5.01. The van der Waals surface area contributed by atoms with Gasteiger partial charge in [0.25, 0.3) is 0 Å². The van der Waals surface area contributed by atoms with Crippen LogP contribution in [0.25, 0.3) is 0 Å². The lowest BCUT2D eigenvalue weighted by atomic mass is 9.70. The van der Waals surface area contributed by atoms with Crippen LogP contribution in [0.4, 0.5) is 0 Å². The topological polar surface area (TPSA) is 12.0 Å². The van der Waals surface area contributed by atoms with E-state index in [-0.39, 0.29) is 0 Å². The van der Waals surface area contributed by atoms with Gasteiger partial charge in [0.05, 0.1) is 0 Å². The third kappa shape index (κ3) is 0.618. The van der Waals surface area contributed by atoms with Gasteiger partial charge in [0, 0.05) is 6.54 Å². The minimum atomic E-state index is 0.711. The second-order valence-electron chi connectivity index (χ2n) is 5.01. The number of hydrogen-bond donors (Lipinski definition) is 1. The zero-order chi connectivity index (χ0) is 7.47. The fourth-order valence-corrected chi connectivity index (χ4v) is 3.99. The van der Waals surface area contributed by atoms with E-state index in [1.807, 2.05) is 0 Å². The summed E-state index contributed by atoms with van der Waals surface area (Å²) in [7, 11) is 0. The molecule has 0 aromatic carbocycles. The van der Waals surface area contributed by atoms with Crippen LogP contribution in [0.15, 0.2) is 0 Å². The normalized spacial score (nSPS) is 60.3. The molecule has 0 amide bonds. The van der Waals surface area contributed by atoms with Gasteiger partial charge in [0.2, 0.25) is 0 Å². The Hall–Kier alpha value is -0.0400. The van der Waals surface area contributed by atoms with E-state index in [1.165, 1.54) is 25.9 Å². The summed E-state index contributed by atoms with van der Waals surface area (Å²) >= 11 is 0. The molecule has 1 N–H and O–H groups in total. The molecule has 4 atom stereocenters. The van der Waals surface area contributed by atoms with E-state index in [2.05, 4.69) is 12.2 Å². The maximum Gasteiger partial charge on any atom is 0.00112 e. The van der Waals surface area contributed by atoms with E-state index in [4.69, 9.17) is 0 Å². The average Bonchev–Trinajstić information content (AvgIpc) is 2.54. The van der Waals surface area contributed by atoms with Gasteiger partial charge < -0.3 is 5.32 Å². The fourth-order valence-electron chi connectivity index (χ4n) is 3.99. The Morgan fingerprint density at radius 3 is 3.09 bits per heavy atom. The summed E-state index contributed by atoms with van der Waals surface area (Å²) in [6.07, 6.45) is 4.62. The van der Waals surface area contributed by atoms with Crippen LogP contribution in [0.5, 0.6) is 0 Å². The monoisotopic (exact) mass is 151 g/mol. The van der Waals surface area contributed by atoms with E-state index in [0.29, 0.717) is 5.41 Å². The highest BCUT2D eigenvalue weighted by Crippen LogP contribution is 2.60. The molecule has 1 heteroatoms. The van der Waals surface area contributed by atoms with Gasteiger partial charge in [-0.15, -0.1) is 0 Å². The minimum absolute atomic E-state index is 0.711. The van der Waals surface area contributed by atoms with E-state index in [0.717, 1.165) is 17.8 Å². The molecular weight excluding hydrogens is 134 g/mol. The lowest BCUT2D eigenvalue weighted by molar-refractivity contribution is 0.156. The summed E-state index contributed by atoms with van der Waals surface area (Å²) < 4.78 is 0. The Morgan fingerprint density at radius 2 is 2.27 bits per heavy atom. The van der Waals surface area contributed by atoms with Gasteiger partial charge in [0.15, 0.2) is 0 Å². The molecule has 0 aromatic heterocycles. The summed E-state index contributed by atoms with van der Waals surface area (Å²) in [5, 5.41) is 3.57. The van der Waals surface area contributed by atoms with Crippen LogP contribution in [0, 0.1) is 23.2 Å². The highest BCUT2D eigenvalue weighted by molar-refractivity contribution is 5.08. The van der Waals surface area contributed by atoms with Crippen LogP contribution in [0.3, 0.4) is 0 Å². The molecule has 11 heavy (non-hydrogen) atoms. The van der Waals surface area contributed by atoms with Crippen molar-refractivity contribution in [3.63, 3.8) is 0 Å². The van der Waals surface area contributed by atoms with Crippen molar-refractivity contribution in [2.75, 3.05) is 13.1 Å². The van der Waals surface area contributed by atoms with Crippen molar-refractivity contribution in [2.45, 2.75) is 26.2 Å². The van der Waals surface area contributed by atoms with Crippen LogP contribution in [0.2, 0.25) is 0 Å². The van der Waals surface area contributed by atoms with E-state index in [9.17, 15) is 0 Å². The van der Waals surface area contributed by atoms with Crippen LogP contribution in [0.1, 0.15) is 26.2 Å². The Kier molecular flexibility index (Phi) is 1.07. The second kappa shape index (κ2) is 1.82. The van der Waals surface area contributed by atoms with Gasteiger partial charge >= 0.3 is 0 Å². The lowest BCUT2D eigenvalue weighted by Gasteiger charge is -2.34. The Labute approximate surface area is 68.6 Å². The highest BCUT2D eigenvalue weighted by Gasteiger charge is 2.56. The Balaban J connectivity index is 2.00. The van der Waals surface area contributed by atoms with Crippen LogP contribution >= 0.6 is 0 Å². The van der Waals surface area contributed by atoms with E-state index < -0.39 is 0 Å². The van der Waals surface area contributed by atoms with Crippen molar-refractivity contribution >= 4 is 0 Å². The molecule has 62 valence electrons. The van der Waals surface area contributed by atoms with Crippen molar-refractivity contribution in [1.82, 2.24) is 5.32 Å². The molecule has 1 aliphatic heterocycles. The first-order chi connectivity index (χ1) is 5.31. The maximum absolute atomic E-state index is 3.57. The standard InChI is InChI=1S/C10H17N/c1-10-6-11-5-9(10)7-2-3-8(10)4-7/h7-9,11H,2-6H2,1H3/t7-,8+,9?,10+/m1/s1.